The van der Waals surface area contributed by atoms with Gasteiger partial charge in [0, 0.05) is 16.5 Å². The third-order valence-corrected chi connectivity index (χ3v) is 12.8. The first kappa shape index (κ1) is 34.1. The van der Waals surface area contributed by atoms with Crippen LogP contribution in [0.1, 0.15) is 0 Å². The third kappa shape index (κ3) is 5.02. The van der Waals surface area contributed by atoms with Gasteiger partial charge in [-0.15, -0.1) is 0 Å². The second-order valence-electron chi connectivity index (χ2n) is 16.3. The number of fused-ring (bicyclic) bond motifs is 13. The summed E-state index contributed by atoms with van der Waals surface area (Å²) in [5.74, 6) is 1.74. The van der Waals surface area contributed by atoms with Gasteiger partial charge in [0.15, 0.2) is 0 Å². The van der Waals surface area contributed by atoms with Crippen molar-refractivity contribution in [2.24, 2.45) is 0 Å². The summed E-state index contributed by atoms with van der Waals surface area (Å²) in [7, 11) is 0. The van der Waals surface area contributed by atoms with Gasteiger partial charge in [0.05, 0.1) is 49.8 Å². The van der Waals surface area contributed by atoms with Crippen LogP contribution >= 0.6 is 0 Å². The lowest BCUT2D eigenvalue weighted by Gasteiger charge is -2.10. The molecule has 7 heteroatoms. The van der Waals surface area contributed by atoms with Crippen molar-refractivity contribution in [3.8, 4) is 44.8 Å². The molecule has 9 aromatic carbocycles. The molecule has 0 unspecified atom stereocenters. The maximum atomic E-state index is 6.22. The highest BCUT2D eigenvalue weighted by Crippen LogP contribution is 2.38. The first-order valence-corrected chi connectivity index (χ1v) is 21.2. The Morgan fingerprint density at radius 1 is 0.302 bits per heavy atom. The van der Waals surface area contributed by atoms with Crippen molar-refractivity contribution in [2.45, 2.75) is 0 Å². The Labute approximate surface area is 359 Å². The minimum Gasteiger partial charge on any atom is -0.456 e. The predicted octanol–water partition coefficient (Wildman–Crippen LogP) is 14.1. The third-order valence-electron chi connectivity index (χ3n) is 12.8. The molecular weight excluding hydrogens is 773 g/mol. The van der Waals surface area contributed by atoms with Crippen LogP contribution in [0, 0.1) is 0 Å². The Balaban J connectivity index is 0.928. The quantitative estimate of drug-likeness (QED) is 0.174. The number of para-hydroxylation sites is 5. The maximum Gasteiger partial charge on any atom is 0.220 e. The van der Waals surface area contributed by atoms with Crippen molar-refractivity contribution < 1.29 is 4.42 Å². The SMILES string of the molecule is c1ccc(-c2cccc(-c3ccc(-n4c5ccc(-c6ccc7c(c6)n6c8ccccc8nc6n7-c6ccc7oc8ccccc8c7c6)cc5n5c6ccccc6nc45)cc3)c2)cc1. The van der Waals surface area contributed by atoms with Crippen LogP contribution in [0.25, 0.3) is 122 Å². The highest BCUT2D eigenvalue weighted by molar-refractivity contribution is 6.06. The molecule has 63 heavy (non-hydrogen) atoms. The topological polar surface area (TPSA) is 57.6 Å². The molecule has 14 aromatic rings. The van der Waals surface area contributed by atoms with Gasteiger partial charge in [-0.2, -0.15) is 0 Å². The fourth-order valence-corrected chi connectivity index (χ4v) is 9.83. The summed E-state index contributed by atoms with van der Waals surface area (Å²) < 4.78 is 15.4. The Kier molecular flexibility index (Phi) is 6.98. The van der Waals surface area contributed by atoms with Gasteiger partial charge in [-0.3, -0.25) is 17.9 Å². The van der Waals surface area contributed by atoms with Crippen LogP contribution in [0.5, 0.6) is 0 Å². The molecule has 0 spiro atoms. The Morgan fingerprint density at radius 3 is 1.46 bits per heavy atom. The zero-order chi connectivity index (χ0) is 41.2. The van der Waals surface area contributed by atoms with Crippen molar-refractivity contribution in [3.63, 3.8) is 0 Å². The van der Waals surface area contributed by atoms with Gasteiger partial charge in [0.2, 0.25) is 11.6 Å². The first-order valence-electron chi connectivity index (χ1n) is 21.2. The highest BCUT2D eigenvalue weighted by Gasteiger charge is 2.21. The minimum atomic E-state index is 0.865. The van der Waals surface area contributed by atoms with Gasteiger partial charge < -0.3 is 4.42 Å². The number of aromatic nitrogens is 6. The lowest BCUT2D eigenvalue weighted by Crippen LogP contribution is -1.95. The second-order valence-corrected chi connectivity index (χ2v) is 16.3. The molecule has 5 aromatic heterocycles. The average Bonchev–Trinajstić information content (AvgIpc) is 4.15. The van der Waals surface area contributed by atoms with E-state index in [4.69, 9.17) is 14.4 Å². The van der Waals surface area contributed by atoms with E-state index in [0.29, 0.717) is 0 Å². The first-order chi connectivity index (χ1) is 31.2. The largest absolute Gasteiger partial charge is 0.456 e. The molecule has 5 heterocycles. The Morgan fingerprint density at radius 2 is 0.794 bits per heavy atom. The van der Waals surface area contributed by atoms with Crippen LogP contribution in [0.2, 0.25) is 0 Å². The molecule has 0 aliphatic heterocycles. The number of furan rings is 1. The summed E-state index contributed by atoms with van der Waals surface area (Å²) >= 11 is 0. The number of nitrogens with zero attached hydrogens (tertiary/aromatic N) is 6. The van der Waals surface area contributed by atoms with E-state index in [-0.39, 0.29) is 0 Å². The van der Waals surface area contributed by atoms with E-state index in [9.17, 15) is 0 Å². The zero-order valence-electron chi connectivity index (χ0n) is 33.7. The number of hydrogen-bond donors (Lipinski definition) is 0. The molecule has 0 aliphatic rings. The number of hydrogen-bond acceptors (Lipinski definition) is 3. The molecule has 7 nitrogen and oxygen atoms in total. The van der Waals surface area contributed by atoms with Crippen LogP contribution in [-0.2, 0) is 0 Å². The summed E-state index contributed by atoms with van der Waals surface area (Å²) in [6.07, 6.45) is 0. The highest BCUT2D eigenvalue weighted by atomic mass is 16.3. The van der Waals surface area contributed by atoms with E-state index in [1.54, 1.807) is 0 Å². The van der Waals surface area contributed by atoms with Gasteiger partial charge in [-0.05, 0) is 124 Å². The van der Waals surface area contributed by atoms with Gasteiger partial charge in [-0.1, -0.05) is 115 Å². The summed E-state index contributed by atoms with van der Waals surface area (Å²) in [5.41, 5.74) is 19.2. The molecule has 0 atom stereocenters. The van der Waals surface area contributed by atoms with Crippen molar-refractivity contribution in [1.82, 2.24) is 27.9 Å². The van der Waals surface area contributed by atoms with E-state index in [1.165, 1.54) is 22.3 Å². The number of rotatable bonds is 5. The van der Waals surface area contributed by atoms with Crippen molar-refractivity contribution in [2.75, 3.05) is 0 Å². The lowest BCUT2D eigenvalue weighted by molar-refractivity contribution is 0.669. The van der Waals surface area contributed by atoms with Crippen LogP contribution in [0.4, 0.5) is 0 Å². The molecule has 0 radical (unpaired) electrons. The van der Waals surface area contributed by atoms with Gasteiger partial charge in [0.25, 0.3) is 0 Å². The standard InChI is InChI=1S/C56H34N6O/c1-2-11-35(12-3-1)37-13-10-14-38(31-37)36-21-25-41(26-22-36)59-49-28-23-39(32-51(49)61-47-18-7-5-16-45(47)57-55(59)61)40-24-29-50-52(33-40)62-48-19-8-6-17-46(48)58-56(62)60(50)42-27-30-54-44(34-42)43-15-4-9-20-53(43)63-54/h1-34H. The fraction of sp³-hybridized carbons (Fsp3) is 0. The molecule has 0 aliphatic carbocycles. The summed E-state index contributed by atoms with van der Waals surface area (Å²) in [4.78, 5) is 10.4. The summed E-state index contributed by atoms with van der Waals surface area (Å²) in [6.45, 7) is 0. The number of benzene rings is 9. The molecule has 0 saturated heterocycles. The minimum absolute atomic E-state index is 0.865. The molecular formula is C56H34N6O. The smallest absolute Gasteiger partial charge is 0.220 e. The van der Waals surface area contributed by atoms with Gasteiger partial charge >= 0.3 is 0 Å². The molecule has 0 amide bonds. The number of imidazole rings is 4. The maximum absolute atomic E-state index is 6.22. The molecule has 294 valence electrons. The Bertz CT molecular complexity index is 4140. The Hall–Kier alpha value is -8.68. The van der Waals surface area contributed by atoms with Crippen LogP contribution < -0.4 is 0 Å². The molecule has 0 bridgehead atoms. The summed E-state index contributed by atoms with van der Waals surface area (Å²) in [5, 5.41) is 2.18. The van der Waals surface area contributed by atoms with Crippen molar-refractivity contribution >= 4 is 77.6 Å². The normalized spacial score (nSPS) is 12.1. The molecule has 0 fully saturated rings. The van der Waals surface area contributed by atoms with E-state index < -0.39 is 0 Å². The predicted molar refractivity (Wildman–Crippen MR) is 256 cm³/mol. The van der Waals surface area contributed by atoms with Gasteiger partial charge in [-0.25, -0.2) is 9.97 Å². The molecule has 14 rings (SSSR count). The lowest BCUT2D eigenvalue weighted by atomic mass is 9.99. The van der Waals surface area contributed by atoms with Crippen LogP contribution in [0.15, 0.2) is 211 Å². The van der Waals surface area contributed by atoms with Crippen LogP contribution in [-0.4, -0.2) is 27.9 Å². The van der Waals surface area contributed by atoms with E-state index in [0.717, 1.165) is 100 Å². The van der Waals surface area contributed by atoms with E-state index >= 15 is 0 Å². The van der Waals surface area contributed by atoms with Gasteiger partial charge in [0.1, 0.15) is 11.2 Å². The van der Waals surface area contributed by atoms with Crippen molar-refractivity contribution in [1.29, 1.82) is 0 Å². The fourth-order valence-electron chi connectivity index (χ4n) is 9.83. The summed E-state index contributed by atoms with van der Waals surface area (Å²) in [6, 6.07) is 73.2. The monoisotopic (exact) mass is 806 g/mol. The second kappa shape index (κ2) is 12.9. The van der Waals surface area contributed by atoms with Crippen LogP contribution in [0.3, 0.4) is 0 Å². The molecule has 0 saturated carbocycles. The average molecular weight is 807 g/mol. The van der Waals surface area contributed by atoms with Crippen molar-refractivity contribution in [3.05, 3.63) is 206 Å². The molecule has 0 N–H and O–H groups in total. The van der Waals surface area contributed by atoms with E-state index in [2.05, 4.69) is 212 Å². The van der Waals surface area contributed by atoms with E-state index in [1.807, 2.05) is 12.1 Å². The zero-order valence-corrected chi connectivity index (χ0v) is 33.7.